The van der Waals surface area contributed by atoms with Crippen molar-refractivity contribution >= 4 is 15.9 Å². The van der Waals surface area contributed by atoms with E-state index in [0.29, 0.717) is 13.2 Å². The van der Waals surface area contributed by atoms with Gasteiger partial charge in [-0.05, 0) is 58.8 Å². The molecule has 1 aliphatic carbocycles. The first-order valence-electron chi connectivity index (χ1n) is 6.56. The lowest BCUT2D eigenvalue weighted by molar-refractivity contribution is 0.168. The van der Waals surface area contributed by atoms with Crippen LogP contribution in [0.3, 0.4) is 0 Å². The Bertz CT molecular complexity index is 483. The zero-order valence-corrected chi connectivity index (χ0v) is 12.2. The summed E-state index contributed by atoms with van der Waals surface area (Å²) in [4.78, 5) is 0. The van der Waals surface area contributed by atoms with Crippen LogP contribution in [0.2, 0.25) is 0 Å². The summed E-state index contributed by atoms with van der Waals surface area (Å²) in [6.07, 6.45) is 4.29. The third kappa shape index (κ3) is 1.74. The van der Waals surface area contributed by atoms with Gasteiger partial charge in [-0.2, -0.15) is 0 Å². The van der Waals surface area contributed by atoms with Gasteiger partial charge in [0.25, 0.3) is 0 Å². The Hall–Kier alpha value is -0.740. The lowest BCUT2D eigenvalue weighted by Crippen LogP contribution is -2.44. The quantitative estimate of drug-likeness (QED) is 0.912. The maximum atomic E-state index is 6.49. The molecule has 98 valence electrons. The normalized spacial score (nSPS) is 20.4. The number of halogens is 1. The molecule has 0 spiro atoms. The summed E-state index contributed by atoms with van der Waals surface area (Å²) in [5.41, 5.74) is 8.82. The van der Waals surface area contributed by atoms with E-state index >= 15 is 0 Å². The molecule has 0 unspecified atom stereocenters. The van der Waals surface area contributed by atoms with Gasteiger partial charge < -0.3 is 15.2 Å². The zero-order valence-electron chi connectivity index (χ0n) is 10.6. The van der Waals surface area contributed by atoms with Crippen LogP contribution in [0.4, 0.5) is 0 Å². The molecular weight excluding hydrogens is 294 g/mol. The summed E-state index contributed by atoms with van der Waals surface area (Å²) in [5.74, 6) is 1.67. The van der Waals surface area contributed by atoms with Crippen molar-refractivity contribution in [1.29, 1.82) is 0 Å². The first kappa shape index (κ1) is 12.3. The van der Waals surface area contributed by atoms with Crippen LogP contribution in [0.15, 0.2) is 10.5 Å². The second-order valence-electron chi connectivity index (χ2n) is 5.10. The Morgan fingerprint density at radius 2 is 2.06 bits per heavy atom. The van der Waals surface area contributed by atoms with Gasteiger partial charge in [0.05, 0.1) is 4.47 Å². The van der Waals surface area contributed by atoms with Gasteiger partial charge in [-0.25, -0.2) is 0 Å². The molecule has 1 heterocycles. The number of ether oxygens (including phenoxy) is 2. The van der Waals surface area contributed by atoms with Gasteiger partial charge in [0, 0.05) is 5.54 Å². The van der Waals surface area contributed by atoms with Crippen molar-refractivity contribution in [3.8, 4) is 11.5 Å². The van der Waals surface area contributed by atoms with E-state index in [1.165, 1.54) is 17.5 Å². The molecule has 3 rings (SSSR count). The van der Waals surface area contributed by atoms with Gasteiger partial charge in [0.2, 0.25) is 0 Å². The highest BCUT2D eigenvalue weighted by molar-refractivity contribution is 9.10. The minimum atomic E-state index is -0.163. The van der Waals surface area contributed by atoms with Crippen molar-refractivity contribution in [3.05, 3.63) is 21.7 Å². The largest absolute Gasteiger partial charge is 0.486 e. The maximum Gasteiger partial charge on any atom is 0.175 e. The van der Waals surface area contributed by atoms with Gasteiger partial charge >= 0.3 is 0 Å². The highest BCUT2D eigenvalue weighted by Crippen LogP contribution is 2.48. The van der Waals surface area contributed by atoms with Gasteiger partial charge in [-0.1, -0.05) is 6.92 Å². The molecule has 2 aliphatic rings. The standard InChI is InChI=1S/C14H18BrNO2/c1-2-9-10(14(16)4-3-5-14)8-11-13(12(9)15)18-7-6-17-11/h8H,2-7,16H2,1H3. The van der Waals surface area contributed by atoms with Crippen molar-refractivity contribution < 1.29 is 9.47 Å². The van der Waals surface area contributed by atoms with Gasteiger partial charge in [0.15, 0.2) is 11.5 Å². The highest BCUT2D eigenvalue weighted by Gasteiger charge is 2.38. The van der Waals surface area contributed by atoms with E-state index < -0.39 is 0 Å². The van der Waals surface area contributed by atoms with Crippen molar-refractivity contribution in [2.45, 2.75) is 38.1 Å². The Morgan fingerprint density at radius 3 is 2.67 bits per heavy atom. The molecule has 1 saturated carbocycles. The Labute approximate surface area is 116 Å². The number of hydrogen-bond donors (Lipinski definition) is 1. The second kappa shape index (κ2) is 4.42. The van der Waals surface area contributed by atoms with Gasteiger partial charge in [-0.3, -0.25) is 0 Å². The minimum absolute atomic E-state index is 0.163. The lowest BCUT2D eigenvalue weighted by Gasteiger charge is -2.41. The van der Waals surface area contributed by atoms with Crippen LogP contribution < -0.4 is 15.2 Å². The van der Waals surface area contributed by atoms with Crippen molar-refractivity contribution in [2.24, 2.45) is 5.73 Å². The van der Waals surface area contributed by atoms with E-state index in [-0.39, 0.29) is 5.54 Å². The summed E-state index contributed by atoms with van der Waals surface area (Å²) in [5, 5.41) is 0. The van der Waals surface area contributed by atoms with Gasteiger partial charge in [-0.15, -0.1) is 0 Å². The maximum absolute atomic E-state index is 6.49. The molecule has 1 fully saturated rings. The fraction of sp³-hybridized carbons (Fsp3) is 0.571. The fourth-order valence-corrected chi connectivity index (χ4v) is 3.60. The molecule has 1 aromatic carbocycles. The molecule has 0 atom stereocenters. The fourth-order valence-electron chi connectivity index (χ4n) is 2.80. The first-order chi connectivity index (χ1) is 8.65. The van der Waals surface area contributed by atoms with Crippen molar-refractivity contribution in [1.82, 2.24) is 0 Å². The van der Waals surface area contributed by atoms with E-state index in [1.807, 2.05) is 0 Å². The molecule has 18 heavy (non-hydrogen) atoms. The summed E-state index contributed by atoms with van der Waals surface area (Å²) in [6.45, 7) is 3.38. The molecule has 0 amide bonds. The molecule has 0 aromatic heterocycles. The molecule has 1 aromatic rings. The Morgan fingerprint density at radius 1 is 1.33 bits per heavy atom. The predicted octanol–water partition coefficient (Wildman–Crippen LogP) is 3.12. The van der Waals surface area contributed by atoms with E-state index in [4.69, 9.17) is 15.2 Å². The highest BCUT2D eigenvalue weighted by atomic mass is 79.9. The summed E-state index contributed by atoms with van der Waals surface area (Å²) in [6, 6.07) is 2.09. The molecule has 1 aliphatic heterocycles. The average Bonchev–Trinajstić information content (AvgIpc) is 2.36. The molecule has 0 saturated heterocycles. The lowest BCUT2D eigenvalue weighted by atomic mass is 9.71. The molecule has 0 bridgehead atoms. The van der Waals surface area contributed by atoms with E-state index in [9.17, 15) is 0 Å². The smallest absolute Gasteiger partial charge is 0.175 e. The Kier molecular flexibility index (Phi) is 3.02. The van der Waals surface area contributed by atoms with Crippen LogP contribution in [0.5, 0.6) is 11.5 Å². The SMILES string of the molecule is CCc1c(C2(N)CCC2)cc2c(c1Br)OCCO2. The topological polar surface area (TPSA) is 44.5 Å². The number of nitrogens with two attached hydrogens (primary N) is 1. The summed E-state index contributed by atoms with van der Waals surface area (Å²) in [7, 11) is 0. The van der Waals surface area contributed by atoms with Crippen molar-refractivity contribution in [3.63, 3.8) is 0 Å². The number of fused-ring (bicyclic) bond motifs is 1. The molecule has 3 nitrogen and oxygen atoms in total. The van der Waals surface area contributed by atoms with Crippen LogP contribution in [0, 0.1) is 0 Å². The number of hydrogen-bond acceptors (Lipinski definition) is 3. The van der Waals surface area contributed by atoms with Gasteiger partial charge in [0.1, 0.15) is 13.2 Å². The average molecular weight is 312 g/mol. The van der Waals surface area contributed by atoms with E-state index in [2.05, 4.69) is 28.9 Å². The minimum Gasteiger partial charge on any atom is -0.486 e. The summed E-state index contributed by atoms with van der Waals surface area (Å²) < 4.78 is 12.4. The Balaban J connectivity index is 2.15. The zero-order chi connectivity index (χ0) is 12.8. The number of benzene rings is 1. The third-order valence-corrected chi connectivity index (χ3v) is 4.85. The predicted molar refractivity (Wildman–Crippen MR) is 74.2 cm³/mol. The van der Waals surface area contributed by atoms with Crippen LogP contribution in [-0.2, 0) is 12.0 Å². The number of rotatable bonds is 2. The first-order valence-corrected chi connectivity index (χ1v) is 7.35. The molecule has 4 heteroatoms. The molecule has 0 radical (unpaired) electrons. The van der Waals surface area contributed by atoms with Crippen LogP contribution in [0.25, 0.3) is 0 Å². The van der Waals surface area contributed by atoms with Crippen LogP contribution in [-0.4, -0.2) is 13.2 Å². The third-order valence-electron chi connectivity index (χ3n) is 4.01. The van der Waals surface area contributed by atoms with E-state index in [0.717, 1.165) is 35.2 Å². The van der Waals surface area contributed by atoms with Crippen molar-refractivity contribution in [2.75, 3.05) is 13.2 Å². The van der Waals surface area contributed by atoms with Crippen LogP contribution >= 0.6 is 15.9 Å². The second-order valence-corrected chi connectivity index (χ2v) is 5.90. The molecular formula is C14H18BrNO2. The molecule has 2 N–H and O–H groups in total. The summed E-state index contributed by atoms with van der Waals surface area (Å²) >= 11 is 3.66. The monoisotopic (exact) mass is 311 g/mol. The van der Waals surface area contributed by atoms with Crippen LogP contribution in [0.1, 0.15) is 37.3 Å². The van der Waals surface area contributed by atoms with E-state index in [1.54, 1.807) is 0 Å².